The number of amides is 3. The lowest BCUT2D eigenvalue weighted by Gasteiger charge is -2.38. The molecule has 1 aromatic rings. The van der Waals surface area contributed by atoms with Gasteiger partial charge in [-0.2, -0.15) is 0 Å². The smallest absolute Gasteiger partial charge is 0.319 e. The van der Waals surface area contributed by atoms with E-state index in [0.717, 1.165) is 4.60 Å². The zero-order valence-corrected chi connectivity index (χ0v) is 13.2. The van der Waals surface area contributed by atoms with Crippen LogP contribution in [0.2, 0.25) is 0 Å². The fourth-order valence-electron chi connectivity index (χ4n) is 3.98. The Bertz CT molecular complexity index is 674. The summed E-state index contributed by atoms with van der Waals surface area (Å²) >= 11 is 3.47. The Balaban J connectivity index is 1.88. The van der Waals surface area contributed by atoms with Crippen LogP contribution in [0.5, 0.6) is 0 Å². The molecule has 2 N–H and O–H groups in total. The number of rotatable bonds is 0. The van der Waals surface area contributed by atoms with Gasteiger partial charge in [-0.05, 0) is 28.1 Å². The van der Waals surface area contributed by atoms with Crippen LogP contribution in [-0.2, 0) is 0 Å². The number of hydrogen-bond acceptors (Lipinski definition) is 3. The molecule has 3 heterocycles. The largest absolute Gasteiger partial charge is 0.368 e. The molecule has 112 valence electrons. The summed E-state index contributed by atoms with van der Waals surface area (Å²) in [6.45, 7) is 0. The third-order valence-corrected chi connectivity index (χ3v) is 5.74. The number of nitrogens with zero attached hydrogens (tertiary/aromatic N) is 3. The number of carbonyl (C=O) groups excluding carboxylic acids is 2. The van der Waals surface area contributed by atoms with Crippen LogP contribution in [0.3, 0.4) is 0 Å². The predicted molar refractivity (Wildman–Crippen MR) is 76.7 cm³/mol. The van der Waals surface area contributed by atoms with Crippen molar-refractivity contribution in [3.05, 3.63) is 22.4 Å². The van der Waals surface area contributed by atoms with Gasteiger partial charge in [0.05, 0.1) is 16.7 Å². The van der Waals surface area contributed by atoms with Crippen molar-refractivity contribution in [2.24, 2.45) is 0 Å². The first-order valence-corrected chi connectivity index (χ1v) is 7.56. The molecule has 8 heteroatoms. The maximum Gasteiger partial charge on any atom is 0.319 e. The zero-order chi connectivity index (χ0) is 15.1. The number of fused-ring (bicyclic) bond motifs is 5. The summed E-state index contributed by atoms with van der Waals surface area (Å²) in [7, 11) is 3.31. The molecule has 0 radical (unpaired) electrons. The molecule has 1 saturated heterocycles. The van der Waals surface area contributed by atoms with Crippen LogP contribution >= 0.6 is 15.9 Å². The van der Waals surface area contributed by atoms with E-state index in [-0.39, 0.29) is 24.0 Å². The van der Waals surface area contributed by atoms with Gasteiger partial charge in [0.15, 0.2) is 5.72 Å². The summed E-state index contributed by atoms with van der Waals surface area (Å²) in [5, 5.41) is 13.7. The molecule has 21 heavy (non-hydrogen) atoms. The molecule has 3 aliphatic rings. The molecule has 0 bridgehead atoms. The van der Waals surface area contributed by atoms with Crippen molar-refractivity contribution >= 4 is 27.9 Å². The predicted octanol–water partition coefficient (Wildman–Crippen LogP) is 0.362. The topological polar surface area (TPSA) is 77.8 Å². The Kier molecular flexibility index (Phi) is 2.38. The quantitative estimate of drug-likeness (QED) is 0.706. The lowest BCUT2D eigenvalue weighted by atomic mass is 10.0. The maximum atomic E-state index is 12.5. The van der Waals surface area contributed by atoms with Crippen molar-refractivity contribution in [3.63, 3.8) is 0 Å². The molecule has 1 aromatic heterocycles. The molecule has 2 aliphatic heterocycles. The average molecular weight is 355 g/mol. The number of carbonyl (C=O) groups is 2. The van der Waals surface area contributed by atoms with Gasteiger partial charge >= 0.3 is 6.03 Å². The normalized spacial score (nSPS) is 37.4. The third-order valence-electron chi connectivity index (χ3n) is 5.09. The lowest BCUT2D eigenvalue weighted by molar-refractivity contribution is -0.0580. The number of aromatic nitrogens is 1. The summed E-state index contributed by atoms with van der Waals surface area (Å²) in [6, 6.07) is 2.47. The second-order valence-electron chi connectivity index (χ2n) is 5.95. The van der Waals surface area contributed by atoms with Crippen molar-refractivity contribution < 1.29 is 14.7 Å². The highest BCUT2D eigenvalue weighted by molar-refractivity contribution is 9.10. The number of nitrogens with one attached hydrogen (secondary N) is 1. The number of urea groups is 1. The van der Waals surface area contributed by atoms with Crippen molar-refractivity contribution in [2.75, 3.05) is 14.1 Å². The summed E-state index contributed by atoms with van der Waals surface area (Å²) in [5.74, 6) is -0.102. The molecule has 1 aliphatic carbocycles. The molecule has 0 spiro atoms. The zero-order valence-electron chi connectivity index (χ0n) is 11.6. The van der Waals surface area contributed by atoms with Gasteiger partial charge in [-0.25, -0.2) is 4.79 Å². The summed E-state index contributed by atoms with van der Waals surface area (Å²) in [5.41, 5.74) is -0.671. The fraction of sp³-hybridized carbons (Fsp3) is 0.538. The minimum atomic E-state index is -1.27. The van der Waals surface area contributed by atoms with Crippen LogP contribution in [0.1, 0.15) is 23.0 Å². The molecular formula is C13H15BrN4O3. The van der Waals surface area contributed by atoms with Crippen molar-refractivity contribution in [2.45, 2.75) is 30.3 Å². The van der Waals surface area contributed by atoms with E-state index in [2.05, 4.69) is 21.2 Å². The van der Waals surface area contributed by atoms with E-state index in [1.807, 2.05) is 10.6 Å². The molecule has 4 atom stereocenters. The first kappa shape index (κ1) is 13.1. The Morgan fingerprint density at radius 2 is 2.10 bits per heavy atom. The Morgan fingerprint density at radius 3 is 2.81 bits per heavy atom. The van der Waals surface area contributed by atoms with Crippen LogP contribution < -0.4 is 5.32 Å². The van der Waals surface area contributed by atoms with Crippen LogP contribution in [0, 0.1) is 0 Å². The minimum Gasteiger partial charge on any atom is -0.368 e. The van der Waals surface area contributed by atoms with E-state index >= 15 is 0 Å². The van der Waals surface area contributed by atoms with Crippen LogP contribution in [-0.4, -0.2) is 63.3 Å². The van der Waals surface area contributed by atoms with Gasteiger partial charge in [-0.3, -0.25) is 9.69 Å². The molecule has 0 aromatic carbocycles. The Morgan fingerprint density at radius 1 is 1.38 bits per heavy atom. The van der Waals surface area contributed by atoms with E-state index in [1.165, 1.54) is 4.90 Å². The van der Waals surface area contributed by atoms with Crippen molar-refractivity contribution in [1.82, 2.24) is 19.7 Å². The van der Waals surface area contributed by atoms with E-state index in [1.54, 1.807) is 25.1 Å². The summed E-state index contributed by atoms with van der Waals surface area (Å²) < 4.78 is 2.73. The van der Waals surface area contributed by atoms with E-state index in [4.69, 9.17) is 0 Å². The van der Waals surface area contributed by atoms with Crippen molar-refractivity contribution in [1.29, 1.82) is 0 Å². The van der Waals surface area contributed by atoms with Gasteiger partial charge in [0.2, 0.25) is 0 Å². The molecule has 3 amide bonds. The van der Waals surface area contributed by atoms with E-state index in [0.29, 0.717) is 12.1 Å². The lowest BCUT2D eigenvalue weighted by Crippen LogP contribution is -2.56. The number of hydrogen-bond donors (Lipinski definition) is 2. The standard InChI is InChI=1S/C13H15BrN4O3/c1-16-9-7(18-6(11(16)19)3-4-8(18)14)5-13(21)10(9)15-12(20)17(13)2/h3-4,7,9-10,21H,5H2,1-2H3,(H,15,20)/t7-,9-,10+,13+/m1/s1. The van der Waals surface area contributed by atoms with Crippen LogP contribution in [0.4, 0.5) is 4.79 Å². The number of likely N-dealkylation sites (N-methyl/N-ethyl adjacent to an activating group) is 2. The van der Waals surface area contributed by atoms with Crippen LogP contribution in [0.25, 0.3) is 0 Å². The molecule has 1 saturated carbocycles. The van der Waals surface area contributed by atoms with Gasteiger partial charge in [-0.15, -0.1) is 0 Å². The Hall–Kier alpha value is -1.54. The second-order valence-corrected chi connectivity index (χ2v) is 6.77. The number of halogens is 1. The highest BCUT2D eigenvalue weighted by atomic mass is 79.9. The van der Waals surface area contributed by atoms with E-state index < -0.39 is 11.8 Å². The van der Waals surface area contributed by atoms with Gasteiger partial charge < -0.3 is 19.9 Å². The SMILES string of the molecule is CN1C(=O)c2ccc(Br)n2[C@@H]2C[C@]3(O)[C@@H](NC(=O)N3C)[C@@H]21. The number of aliphatic hydroxyl groups is 1. The highest BCUT2D eigenvalue weighted by Gasteiger charge is 2.64. The average Bonchev–Trinajstić information content (AvgIpc) is 3.01. The molecule has 2 fully saturated rings. The molecule has 0 unspecified atom stereocenters. The van der Waals surface area contributed by atoms with Gasteiger partial charge in [0.25, 0.3) is 5.91 Å². The van der Waals surface area contributed by atoms with Gasteiger partial charge in [-0.1, -0.05) is 0 Å². The second kappa shape index (κ2) is 3.80. The monoisotopic (exact) mass is 354 g/mol. The van der Waals surface area contributed by atoms with Crippen molar-refractivity contribution in [3.8, 4) is 0 Å². The fourth-order valence-corrected chi connectivity index (χ4v) is 4.57. The first-order valence-electron chi connectivity index (χ1n) is 6.77. The highest BCUT2D eigenvalue weighted by Crippen LogP contribution is 2.48. The molecular weight excluding hydrogens is 340 g/mol. The minimum absolute atomic E-state index is 0.0786. The Labute approximate surface area is 129 Å². The third kappa shape index (κ3) is 1.37. The molecule has 4 rings (SSSR count). The first-order chi connectivity index (χ1) is 9.86. The molecule has 7 nitrogen and oxygen atoms in total. The van der Waals surface area contributed by atoms with Crippen LogP contribution in [0.15, 0.2) is 16.7 Å². The van der Waals surface area contributed by atoms with Gasteiger partial charge in [0, 0.05) is 20.5 Å². The summed E-state index contributed by atoms with van der Waals surface area (Å²) in [6.07, 6.45) is 0.384. The summed E-state index contributed by atoms with van der Waals surface area (Å²) in [4.78, 5) is 27.3. The van der Waals surface area contributed by atoms with Gasteiger partial charge in [0.1, 0.15) is 11.7 Å². The van der Waals surface area contributed by atoms with E-state index in [9.17, 15) is 14.7 Å². The maximum absolute atomic E-state index is 12.5.